The van der Waals surface area contributed by atoms with Gasteiger partial charge in [0.2, 0.25) is 5.91 Å². The molecule has 0 saturated heterocycles. The average molecular weight is 409 g/mol. The summed E-state index contributed by atoms with van der Waals surface area (Å²) in [7, 11) is 1.77. The van der Waals surface area contributed by atoms with Crippen molar-refractivity contribution in [1.82, 2.24) is 9.80 Å². The molecule has 0 saturated carbocycles. The summed E-state index contributed by atoms with van der Waals surface area (Å²) in [5.41, 5.74) is 4.58. The number of likely N-dealkylation sites (N-methyl/N-ethyl adjacent to an activating group) is 1. The largest absolute Gasteiger partial charge is 0.484 e. The Labute approximate surface area is 179 Å². The summed E-state index contributed by atoms with van der Waals surface area (Å²) in [6.45, 7) is 9.23. The Kier molecular flexibility index (Phi) is 6.80. The van der Waals surface area contributed by atoms with Crippen LogP contribution in [0.15, 0.2) is 42.5 Å². The van der Waals surface area contributed by atoms with Crippen molar-refractivity contribution in [2.75, 3.05) is 26.7 Å². The van der Waals surface area contributed by atoms with Crippen molar-refractivity contribution in [3.8, 4) is 5.75 Å². The van der Waals surface area contributed by atoms with Gasteiger partial charge in [0.05, 0.1) is 6.04 Å². The monoisotopic (exact) mass is 408 g/mol. The number of carbonyl (C=O) groups is 2. The van der Waals surface area contributed by atoms with Crippen molar-refractivity contribution in [2.45, 2.75) is 40.2 Å². The third kappa shape index (κ3) is 4.66. The van der Waals surface area contributed by atoms with Crippen LogP contribution in [0.4, 0.5) is 0 Å². The van der Waals surface area contributed by atoms with Gasteiger partial charge in [0.1, 0.15) is 5.75 Å². The van der Waals surface area contributed by atoms with E-state index < -0.39 is 0 Å². The first kappa shape index (κ1) is 21.9. The minimum atomic E-state index is -0.151. The molecule has 0 bridgehead atoms. The first-order valence-electron chi connectivity index (χ1n) is 10.7. The van der Waals surface area contributed by atoms with Gasteiger partial charge in [-0.25, -0.2) is 0 Å². The van der Waals surface area contributed by atoms with Gasteiger partial charge in [-0.3, -0.25) is 9.59 Å². The Hall–Kier alpha value is -2.82. The van der Waals surface area contributed by atoms with Crippen LogP contribution >= 0.6 is 0 Å². The number of fused-ring (bicyclic) bond motifs is 1. The predicted octanol–water partition coefficient (Wildman–Crippen LogP) is 3.98. The SMILES string of the molecule is CCN(C)C(=O)COc1ccc2c(c1)C(c1ccc(C)cc1)N(C(=O)C(C)C)CC2. The standard InChI is InChI=1S/C25H32N2O3/c1-6-26(5)23(28)16-30-21-12-11-19-13-14-27(25(29)17(2)3)24(22(19)15-21)20-9-7-18(4)8-10-20/h7-12,15,17,24H,6,13-14,16H2,1-5H3. The van der Waals surface area contributed by atoms with Crippen LogP contribution < -0.4 is 4.74 Å². The Morgan fingerprint density at radius 3 is 2.50 bits per heavy atom. The first-order valence-corrected chi connectivity index (χ1v) is 10.7. The van der Waals surface area contributed by atoms with Crippen LogP contribution in [0.2, 0.25) is 0 Å². The molecule has 0 aromatic heterocycles. The Morgan fingerprint density at radius 1 is 1.17 bits per heavy atom. The summed E-state index contributed by atoms with van der Waals surface area (Å²) in [5.74, 6) is 0.683. The summed E-state index contributed by atoms with van der Waals surface area (Å²) in [5, 5.41) is 0. The summed E-state index contributed by atoms with van der Waals surface area (Å²) >= 11 is 0. The number of aryl methyl sites for hydroxylation is 1. The molecule has 2 amide bonds. The third-order valence-corrected chi connectivity index (χ3v) is 5.78. The summed E-state index contributed by atoms with van der Waals surface area (Å²) < 4.78 is 5.81. The van der Waals surface area contributed by atoms with Crippen molar-refractivity contribution in [3.05, 3.63) is 64.7 Å². The topological polar surface area (TPSA) is 49.9 Å². The summed E-state index contributed by atoms with van der Waals surface area (Å²) in [6.07, 6.45) is 0.813. The van der Waals surface area contributed by atoms with Gasteiger partial charge >= 0.3 is 0 Å². The van der Waals surface area contributed by atoms with E-state index in [1.54, 1.807) is 11.9 Å². The number of ether oxygens (including phenoxy) is 1. The molecular formula is C25H32N2O3. The fourth-order valence-corrected chi connectivity index (χ4v) is 3.79. The van der Waals surface area contributed by atoms with E-state index in [9.17, 15) is 9.59 Å². The van der Waals surface area contributed by atoms with Gasteiger partial charge in [-0.1, -0.05) is 49.7 Å². The Balaban J connectivity index is 1.96. The highest BCUT2D eigenvalue weighted by molar-refractivity contribution is 5.80. The van der Waals surface area contributed by atoms with Gasteiger partial charge in [-0.05, 0) is 49.1 Å². The fourth-order valence-electron chi connectivity index (χ4n) is 3.79. The van der Waals surface area contributed by atoms with Gasteiger partial charge in [0.25, 0.3) is 5.91 Å². The molecule has 1 unspecified atom stereocenters. The van der Waals surface area contributed by atoms with Crippen molar-refractivity contribution in [3.63, 3.8) is 0 Å². The molecule has 3 rings (SSSR count). The lowest BCUT2D eigenvalue weighted by Gasteiger charge is -2.39. The van der Waals surface area contributed by atoms with E-state index in [1.165, 1.54) is 11.1 Å². The number of hydrogen-bond acceptors (Lipinski definition) is 3. The predicted molar refractivity (Wildman–Crippen MR) is 119 cm³/mol. The number of amides is 2. The fraction of sp³-hybridized carbons (Fsp3) is 0.440. The van der Waals surface area contributed by atoms with E-state index in [0.29, 0.717) is 18.8 Å². The maximum absolute atomic E-state index is 13.0. The van der Waals surface area contributed by atoms with Crippen molar-refractivity contribution < 1.29 is 14.3 Å². The van der Waals surface area contributed by atoms with E-state index in [-0.39, 0.29) is 30.4 Å². The molecule has 0 aliphatic carbocycles. The summed E-state index contributed by atoms with van der Waals surface area (Å²) in [4.78, 5) is 28.7. The zero-order valence-electron chi connectivity index (χ0n) is 18.6. The molecule has 1 atom stereocenters. The van der Waals surface area contributed by atoms with Crippen molar-refractivity contribution in [1.29, 1.82) is 0 Å². The Morgan fingerprint density at radius 2 is 1.87 bits per heavy atom. The van der Waals surface area contributed by atoms with E-state index >= 15 is 0 Å². The molecule has 1 heterocycles. The molecule has 0 fully saturated rings. The number of hydrogen-bond donors (Lipinski definition) is 0. The molecule has 0 N–H and O–H groups in total. The minimum Gasteiger partial charge on any atom is -0.484 e. The van der Waals surface area contributed by atoms with Crippen LogP contribution in [0.3, 0.4) is 0 Å². The number of carbonyl (C=O) groups excluding carboxylic acids is 2. The van der Waals surface area contributed by atoms with Gasteiger partial charge in [-0.15, -0.1) is 0 Å². The molecule has 0 radical (unpaired) electrons. The molecule has 5 nitrogen and oxygen atoms in total. The van der Waals surface area contributed by atoms with E-state index in [4.69, 9.17) is 4.74 Å². The number of rotatable bonds is 6. The molecule has 30 heavy (non-hydrogen) atoms. The lowest BCUT2D eigenvalue weighted by atomic mass is 9.87. The van der Waals surface area contributed by atoms with Gasteiger partial charge in [0.15, 0.2) is 6.61 Å². The normalized spacial score (nSPS) is 15.7. The third-order valence-electron chi connectivity index (χ3n) is 5.78. The highest BCUT2D eigenvalue weighted by Gasteiger charge is 2.33. The van der Waals surface area contributed by atoms with Crippen LogP contribution in [0.1, 0.15) is 49.1 Å². The van der Waals surface area contributed by atoms with Crippen LogP contribution in [-0.4, -0.2) is 48.4 Å². The smallest absolute Gasteiger partial charge is 0.260 e. The van der Waals surface area contributed by atoms with Gasteiger partial charge < -0.3 is 14.5 Å². The number of benzene rings is 2. The Bertz CT molecular complexity index is 905. The maximum Gasteiger partial charge on any atom is 0.260 e. The summed E-state index contributed by atoms with van der Waals surface area (Å²) in [6, 6.07) is 14.2. The lowest BCUT2D eigenvalue weighted by Crippen LogP contribution is -2.42. The minimum absolute atomic E-state index is 0.00691. The molecule has 0 spiro atoms. The zero-order valence-corrected chi connectivity index (χ0v) is 18.6. The van der Waals surface area contributed by atoms with E-state index in [0.717, 1.165) is 17.5 Å². The molecule has 2 aromatic rings. The molecular weight excluding hydrogens is 376 g/mol. The van der Waals surface area contributed by atoms with Crippen molar-refractivity contribution >= 4 is 11.8 Å². The van der Waals surface area contributed by atoms with Gasteiger partial charge in [-0.2, -0.15) is 0 Å². The van der Waals surface area contributed by atoms with Crippen LogP contribution in [0.25, 0.3) is 0 Å². The molecule has 1 aliphatic heterocycles. The highest BCUT2D eigenvalue weighted by Crippen LogP contribution is 2.38. The average Bonchev–Trinajstić information content (AvgIpc) is 2.76. The van der Waals surface area contributed by atoms with E-state index in [2.05, 4.69) is 37.3 Å². The highest BCUT2D eigenvalue weighted by atomic mass is 16.5. The molecule has 160 valence electrons. The van der Waals surface area contributed by atoms with E-state index in [1.807, 2.05) is 37.8 Å². The first-order chi connectivity index (χ1) is 14.3. The quantitative estimate of drug-likeness (QED) is 0.726. The van der Waals surface area contributed by atoms with Crippen LogP contribution in [0.5, 0.6) is 5.75 Å². The lowest BCUT2D eigenvalue weighted by molar-refractivity contribution is -0.136. The second-order valence-electron chi connectivity index (χ2n) is 8.31. The molecule has 2 aromatic carbocycles. The number of nitrogens with zero attached hydrogens (tertiary/aromatic N) is 2. The van der Waals surface area contributed by atoms with Crippen LogP contribution in [-0.2, 0) is 16.0 Å². The van der Waals surface area contributed by atoms with Crippen LogP contribution in [0, 0.1) is 12.8 Å². The maximum atomic E-state index is 13.0. The second-order valence-corrected chi connectivity index (χ2v) is 8.31. The van der Waals surface area contributed by atoms with Crippen molar-refractivity contribution in [2.24, 2.45) is 5.92 Å². The zero-order chi connectivity index (χ0) is 21.8. The molecule has 1 aliphatic rings. The van der Waals surface area contributed by atoms with Gasteiger partial charge in [0, 0.05) is 26.1 Å². The second kappa shape index (κ2) is 9.33. The molecule has 5 heteroatoms.